The van der Waals surface area contributed by atoms with Crippen molar-refractivity contribution in [2.24, 2.45) is 0 Å². The summed E-state index contributed by atoms with van der Waals surface area (Å²) in [6.07, 6.45) is 6.71. The van der Waals surface area contributed by atoms with Gasteiger partial charge in [0.1, 0.15) is 0 Å². The molecule has 0 aliphatic rings. The van der Waals surface area contributed by atoms with Gasteiger partial charge in [-0.2, -0.15) is 0 Å². The van der Waals surface area contributed by atoms with Gasteiger partial charge in [0.2, 0.25) is 0 Å². The molecule has 1 aromatic rings. The van der Waals surface area contributed by atoms with Gasteiger partial charge in [-0.1, -0.05) is 62.2 Å². The number of rotatable bonds is 9. The Hall–Kier alpha value is -1.16. The lowest BCUT2D eigenvalue weighted by Crippen LogP contribution is -2.41. The number of hydrogen-bond donors (Lipinski definition) is 2. The minimum absolute atomic E-state index is 0.155. The monoisotopic (exact) mass is 277 g/mol. The first-order valence-corrected chi connectivity index (χ1v) is 7.38. The van der Waals surface area contributed by atoms with Gasteiger partial charge in [-0.3, -0.25) is 4.90 Å². The lowest BCUT2D eigenvalue weighted by Gasteiger charge is -2.29. The number of nitrogens with zero attached hydrogens (tertiary/aromatic N) is 1. The van der Waals surface area contributed by atoms with Gasteiger partial charge < -0.3 is 10.2 Å². The van der Waals surface area contributed by atoms with Crippen LogP contribution in [0.3, 0.4) is 0 Å². The average molecular weight is 277 g/mol. The zero-order chi connectivity index (χ0) is 14.8. The first-order chi connectivity index (χ1) is 9.69. The molecular weight excluding hydrogens is 250 g/mol. The molecule has 0 fully saturated rings. The second kappa shape index (κ2) is 9.70. The Bertz CT molecular complexity index is 378. The Morgan fingerprint density at radius 3 is 2.55 bits per heavy atom. The van der Waals surface area contributed by atoms with E-state index in [0.29, 0.717) is 0 Å². The highest BCUT2D eigenvalue weighted by atomic mass is 16.3. The summed E-state index contributed by atoms with van der Waals surface area (Å²) >= 11 is 0. The Labute approximate surface area is 122 Å². The number of aliphatic hydroxyl groups excluding tert-OH is 2. The quantitative estimate of drug-likeness (QED) is 0.538. The third-order valence-electron chi connectivity index (χ3n) is 3.42. The van der Waals surface area contributed by atoms with Crippen molar-refractivity contribution in [3.05, 3.63) is 48.0 Å². The fraction of sp³-hybridized carbons (Fsp3) is 0.529. The van der Waals surface area contributed by atoms with E-state index in [1.54, 1.807) is 0 Å². The smallest absolute Gasteiger partial charge is 0.0961 e. The highest BCUT2D eigenvalue weighted by molar-refractivity contribution is 5.15. The van der Waals surface area contributed by atoms with Crippen molar-refractivity contribution < 1.29 is 10.2 Å². The zero-order valence-corrected chi connectivity index (χ0v) is 12.6. The molecule has 2 atom stereocenters. The van der Waals surface area contributed by atoms with Crippen molar-refractivity contribution >= 4 is 0 Å². The molecule has 112 valence electrons. The SMILES string of the molecule is CCCC/C=C/C(C(O)CO)N(C)Cc1ccccc1. The highest BCUT2D eigenvalue weighted by Crippen LogP contribution is 2.11. The van der Waals surface area contributed by atoms with Crippen LogP contribution in [0, 0.1) is 0 Å². The van der Waals surface area contributed by atoms with Crippen LogP contribution in [0.1, 0.15) is 31.7 Å². The molecule has 0 amide bonds. The van der Waals surface area contributed by atoms with Crippen LogP contribution in [-0.4, -0.2) is 40.9 Å². The van der Waals surface area contributed by atoms with Gasteiger partial charge in [-0.25, -0.2) is 0 Å². The molecule has 0 aliphatic heterocycles. The topological polar surface area (TPSA) is 43.7 Å². The van der Waals surface area contributed by atoms with Crippen LogP contribution in [0.2, 0.25) is 0 Å². The van der Waals surface area contributed by atoms with Gasteiger partial charge in [-0.05, 0) is 19.0 Å². The number of hydrogen-bond acceptors (Lipinski definition) is 3. The van der Waals surface area contributed by atoms with Crippen LogP contribution in [-0.2, 0) is 6.54 Å². The number of allylic oxidation sites excluding steroid dienone is 1. The molecule has 1 rings (SSSR count). The molecule has 2 unspecified atom stereocenters. The average Bonchev–Trinajstić information content (AvgIpc) is 2.47. The summed E-state index contributed by atoms with van der Waals surface area (Å²) in [5, 5.41) is 19.2. The summed E-state index contributed by atoms with van der Waals surface area (Å²) in [7, 11) is 1.97. The van der Waals surface area contributed by atoms with Crippen LogP contribution < -0.4 is 0 Å². The molecule has 3 heteroatoms. The molecule has 0 aromatic heterocycles. The summed E-state index contributed by atoms with van der Waals surface area (Å²) in [4.78, 5) is 2.07. The van der Waals surface area contributed by atoms with Gasteiger partial charge in [0.05, 0.1) is 18.8 Å². The first-order valence-electron chi connectivity index (χ1n) is 7.38. The third-order valence-corrected chi connectivity index (χ3v) is 3.42. The molecule has 2 N–H and O–H groups in total. The Balaban J connectivity index is 2.64. The summed E-state index contributed by atoms with van der Waals surface area (Å²) in [5.74, 6) is 0. The molecular formula is C17H27NO2. The Morgan fingerprint density at radius 2 is 1.95 bits per heavy atom. The van der Waals surface area contributed by atoms with E-state index in [9.17, 15) is 10.2 Å². The molecule has 0 spiro atoms. The van der Waals surface area contributed by atoms with E-state index < -0.39 is 6.10 Å². The maximum atomic E-state index is 9.98. The van der Waals surface area contributed by atoms with E-state index >= 15 is 0 Å². The molecule has 0 saturated carbocycles. The number of benzene rings is 1. The van der Waals surface area contributed by atoms with E-state index in [4.69, 9.17) is 0 Å². The number of aliphatic hydroxyl groups is 2. The van der Waals surface area contributed by atoms with Crippen LogP contribution in [0.5, 0.6) is 0 Å². The van der Waals surface area contributed by atoms with Crippen molar-refractivity contribution in [2.75, 3.05) is 13.7 Å². The molecule has 3 nitrogen and oxygen atoms in total. The predicted molar refractivity (Wildman–Crippen MR) is 83.5 cm³/mol. The minimum Gasteiger partial charge on any atom is -0.394 e. The van der Waals surface area contributed by atoms with E-state index in [1.165, 1.54) is 5.56 Å². The maximum absolute atomic E-state index is 9.98. The van der Waals surface area contributed by atoms with Crippen LogP contribution in [0.15, 0.2) is 42.5 Å². The Kier molecular flexibility index (Phi) is 8.19. The van der Waals surface area contributed by atoms with E-state index in [1.807, 2.05) is 31.3 Å². The van der Waals surface area contributed by atoms with Gasteiger partial charge in [0, 0.05) is 6.54 Å². The van der Waals surface area contributed by atoms with Gasteiger partial charge in [-0.15, -0.1) is 0 Å². The second-order valence-electron chi connectivity index (χ2n) is 5.21. The summed E-state index contributed by atoms with van der Waals surface area (Å²) in [6, 6.07) is 10.0. The van der Waals surface area contributed by atoms with Crippen molar-refractivity contribution in [3.63, 3.8) is 0 Å². The van der Waals surface area contributed by atoms with Gasteiger partial charge in [0.15, 0.2) is 0 Å². The van der Waals surface area contributed by atoms with Crippen molar-refractivity contribution in [3.8, 4) is 0 Å². The zero-order valence-electron chi connectivity index (χ0n) is 12.6. The molecule has 20 heavy (non-hydrogen) atoms. The minimum atomic E-state index is -0.749. The standard InChI is InChI=1S/C17H27NO2/c1-3-4-5-9-12-16(17(20)14-19)18(2)13-15-10-7-6-8-11-15/h6-12,16-17,19-20H,3-5,13-14H2,1-2H3/b12-9+. The van der Waals surface area contributed by atoms with E-state index in [-0.39, 0.29) is 12.6 Å². The lowest BCUT2D eigenvalue weighted by atomic mass is 10.1. The molecule has 0 bridgehead atoms. The third kappa shape index (κ3) is 5.87. The summed E-state index contributed by atoms with van der Waals surface area (Å²) < 4.78 is 0. The van der Waals surface area contributed by atoms with Crippen molar-refractivity contribution in [1.82, 2.24) is 4.90 Å². The lowest BCUT2D eigenvalue weighted by molar-refractivity contribution is 0.0362. The number of unbranched alkanes of at least 4 members (excludes halogenated alkanes) is 2. The van der Waals surface area contributed by atoms with E-state index in [2.05, 4.69) is 30.0 Å². The summed E-state index contributed by atoms with van der Waals surface area (Å²) in [5.41, 5.74) is 1.20. The second-order valence-corrected chi connectivity index (χ2v) is 5.21. The molecule has 0 heterocycles. The van der Waals surface area contributed by atoms with E-state index in [0.717, 1.165) is 25.8 Å². The fourth-order valence-electron chi connectivity index (χ4n) is 2.21. The maximum Gasteiger partial charge on any atom is 0.0961 e. The first kappa shape index (κ1) is 16.9. The van der Waals surface area contributed by atoms with Crippen molar-refractivity contribution in [1.29, 1.82) is 0 Å². The normalized spacial score (nSPS) is 14.8. The largest absolute Gasteiger partial charge is 0.394 e. The van der Waals surface area contributed by atoms with Crippen LogP contribution in [0.25, 0.3) is 0 Å². The predicted octanol–water partition coefficient (Wildman–Crippen LogP) is 2.59. The fourth-order valence-corrected chi connectivity index (χ4v) is 2.21. The van der Waals surface area contributed by atoms with Crippen molar-refractivity contribution in [2.45, 2.75) is 44.9 Å². The molecule has 0 radical (unpaired) electrons. The van der Waals surface area contributed by atoms with Crippen LogP contribution >= 0.6 is 0 Å². The Morgan fingerprint density at radius 1 is 1.25 bits per heavy atom. The molecule has 0 aliphatic carbocycles. The number of likely N-dealkylation sites (N-methyl/N-ethyl adjacent to an activating group) is 1. The van der Waals surface area contributed by atoms with Gasteiger partial charge in [0.25, 0.3) is 0 Å². The van der Waals surface area contributed by atoms with Gasteiger partial charge >= 0.3 is 0 Å². The molecule has 1 aromatic carbocycles. The van der Waals surface area contributed by atoms with Crippen LogP contribution in [0.4, 0.5) is 0 Å². The highest BCUT2D eigenvalue weighted by Gasteiger charge is 2.20. The molecule has 0 saturated heterocycles. The summed E-state index contributed by atoms with van der Waals surface area (Å²) in [6.45, 7) is 2.69.